The van der Waals surface area contributed by atoms with Crippen molar-refractivity contribution < 1.29 is 4.74 Å². The van der Waals surface area contributed by atoms with Crippen molar-refractivity contribution in [3.63, 3.8) is 0 Å². The maximum Gasteiger partial charge on any atom is 0.118 e. The molecule has 2 aromatic rings. The highest BCUT2D eigenvalue weighted by Crippen LogP contribution is 2.25. The third-order valence-corrected chi connectivity index (χ3v) is 5.70. The molecule has 0 radical (unpaired) electrons. The minimum atomic E-state index is 0.775. The zero-order valence-corrected chi connectivity index (χ0v) is 22.0. The van der Waals surface area contributed by atoms with Crippen molar-refractivity contribution in [1.82, 2.24) is 4.98 Å². The summed E-state index contributed by atoms with van der Waals surface area (Å²) in [6.07, 6.45) is 12.2. The van der Waals surface area contributed by atoms with Crippen molar-refractivity contribution in [2.45, 2.75) is 73.6 Å². The highest BCUT2D eigenvalue weighted by Gasteiger charge is 2.06. The second kappa shape index (κ2) is 17.7. The normalized spacial score (nSPS) is 11.4. The number of methoxy groups -OCH3 is 1. The maximum absolute atomic E-state index is 4.97. The van der Waals surface area contributed by atoms with Gasteiger partial charge in [-0.2, -0.15) is 0 Å². The summed E-state index contributed by atoms with van der Waals surface area (Å²) in [6.45, 7) is 16.3. The Balaban J connectivity index is 0.000000679. The Morgan fingerprint density at radius 1 is 1.16 bits per heavy atom. The molecule has 2 atom stereocenters. The summed E-state index contributed by atoms with van der Waals surface area (Å²) in [7, 11) is 4.47. The van der Waals surface area contributed by atoms with E-state index < -0.39 is 0 Å². The quantitative estimate of drug-likeness (QED) is 0.221. The monoisotopic (exact) mass is 441 g/mol. The number of pyridine rings is 1. The van der Waals surface area contributed by atoms with Gasteiger partial charge in [0.05, 0.1) is 7.11 Å². The Labute approximate surface area is 194 Å². The van der Waals surface area contributed by atoms with Crippen LogP contribution >= 0.6 is 9.24 Å². The fourth-order valence-corrected chi connectivity index (χ4v) is 3.30. The molecule has 2 nitrogen and oxygen atoms in total. The second-order valence-corrected chi connectivity index (χ2v) is 8.22. The van der Waals surface area contributed by atoms with E-state index in [9.17, 15) is 0 Å². The standard InChI is InChI=1S/C18H28NP.C8H10O.C2H6/c1-5-7-8-9-14(3)10-11-16-12-17(18(20)6-2)15(4)19-13-16;1-7-3-5-8(9-2)6-4-7;1-2/h5-6,12-14H,1,7-11,20H2,2-4H3;3-6H,1-2H3;1-2H3/b18-6+;;. The van der Waals surface area contributed by atoms with Crippen LogP contribution < -0.4 is 4.74 Å². The molecule has 0 spiro atoms. The van der Waals surface area contributed by atoms with Gasteiger partial charge in [0, 0.05) is 17.5 Å². The predicted molar refractivity (Wildman–Crippen MR) is 143 cm³/mol. The molecule has 1 heterocycles. The molecule has 0 aliphatic rings. The van der Waals surface area contributed by atoms with Crippen LogP contribution in [-0.4, -0.2) is 12.1 Å². The molecular formula is C28H44NOP. The molecule has 2 rings (SSSR count). The number of ether oxygens (including phenoxy) is 1. The van der Waals surface area contributed by atoms with Gasteiger partial charge in [-0.15, -0.1) is 15.8 Å². The Hall–Kier alpha value is -1.92. The molecule has 0 saturated heterocycles. The lowest BCUT2D eigenvalue weighted by atomic mass is 9.96. The fraction of sp³-hybridized carbons (Fsp3) is 0.464. The van der Waals surface area contributed by atoms with Crippen LogP contribution in [0.4, 0.5) is 0 Å². The molecule has 0 amide bonds. The Bertz CT molecular complexity index is 765. The van der Waals surface area contributed by atoms with Crippen LogP contribution in [0.1, 0.15) is 75.8 Å². The van der Waals surface area contributed by atoms with Crippen LogP contribution in [0, 0.1) is 19.8 Å². The second-order valence-electron chi connectivity index (χ2n) is 7.60. The van der Waals surface area contributed by atoms with E-state index in [1.807, 2.05) is 50.4 Å². The number of nitrogens with zero attached hydrogens (tertiary/aromatic N) is 1. The van der Waals surface area contributed by atoms with Gasteiger partial charge < -0.3 is 4.74 Å². The molecule has 2 unspecified atom stereocenters. The number of hydrogen-bond donors (Lipinski definition) is 0. The molecule has 0 aliphatic heterocycles. The average molecular weight is 442 g/mol. The van der Waals surface area contributed by atoms with Crippen LogP contribution in [0.25, 0.3) is 5.31 Å². The third-order valence-electron chi connectivity index (χ3n) is 5.05. The number of hydrogen-bond acceptors (Lipinski definition) is 2. The number of rotatable bonds is 9. The van der Waals surface area contributed by atoms with Gasteiger partial charge in [0.2, 0.25) is 0 Å². The first kappa shape index (κ1) is 29.1. The van der Waals surface area contributed by atoms with E-state index >= 15 is 0 Å². The first-order valence-electron chi connectivity index (χ1n) is 11.5. The van der Waals surface area contributed by atoms with Gasteiger partial charge in [-0.3, -0.25) is 4.98 Å². The van der Waals surface area contributed by atoms with Crippen molar-refractivity contribution in [2.75, 3.05) is 7.11 Å². The predicted octanol–water partition coefficient (Wildman–Crippen LogP) is 8.58. The van der Waals surface area contributed by atoms with Gasteiger partial charge in [0.25, 0.3) is 0 Å². The van der Waals surface area contributed by atoms with Gasteiger partial charge in [0.1, 0.15) is 5.75 Å². The van der Waals surface area contributed by atoms with Crippen molar-refractivity contribution in [3.8, 4) is 5.75 Å². The molecule has 31 heavy (non-hydrogen) atoms. The Morgan fingerprint density at radius 3 is 2.35 bits per heavy atom. The molecule has 0 fully saturated rings. The zero-order chi connectivity index (χ0) is 23.6. The van der Waals surface area contributed by atoms with E-state index in [4.69, 9.17) is 4.74 Å². The number of aryl methyl sites for hydroxylation is 3. The van der Waals surface area contributed by atoms with Crippen LogP contribution in [-0.2, 0) is 6.42 Å². The van der Waals surface area contributed by atoms with E-state index in [1.54, 1.807) is 7.11 Å². The third kappa shape index (κ3) is 12.5. The maximum atomic E-state index is 4.97. The molecule has 1 aromatic carbocycles. The summed E-state index contributed by atoms with van der Waals surface area (Å²) >= 11 is 0. The number of unbranched alkanes of at least 4 members (excludes halogenated alkanes) is 1. The SMILES string of the molecule is C=CCCCC(C)CCc1cnc(C)c(/C(P)=C\C)c1.CC.COc1ccc(C)cc1. The van der Waals surface area contributed by atoms with Crippen LogP contribution in [0.5, 0.6) is 5.75 Å². The summed E-state index contributed by atoms with van der Waals surface area (Å²) in [6, 6.07) is 10.3. The smallest absolute Gasteiger partial charge is 0.118 e. The lowest BCUT2D eigenvalue weighted by Crippen LogP contribution is -1.99. The summed E-state index contributed by atoms with van der Waals surface area (Å²) < 4.78 is 4.97. The highest BCUT2D eigenvalue weighted by molar-refractivity contribution is 7.31. The Kier molecular flexibility index (Phi) is 16.6. The minimum Gasteiger partial charge on any atom is -0.497 e. The van der Waals surface area contributed by atoms with E-state index in [0.29, 0.717) is 0 Å². The first-order valence-corrected chi connectivity index (χ1v) is 12.1. The molecule has 0 aliphatic carbocycles. The molecule has 172 valence electrons. The largest absolute Gasteiger partial charge is 0.497 e. The number of aromatic nitrogens is 1. The van der Waals surface area contributed by atoms with Crippen LogP contribution in [0.2, 0.25) is 0 Å². The molecule has 0 bridgehead atoms. The number of allylic oxidation sites excluding steroid dienone is 2. The van der Waals surface area contributed by atoms with Gasteiger partial charge in [-0.1, -0.05) is 57.0 Å². The van der Waals surface area contributed by atoms with E-state index in [1.165, 1.54) is 41.3 Å². The fourth-order valence-electron chi connectivity index (χ4n) is 3.00. The Morgan fingerprint density at radius 2 is 1.81 bits per heavy atom. The summed E-state index contributed by atoms with van der Waals surface area (Å²) in [4.78, 5) is 4.53. The summed E-state index contributed by atoms with van der Waals surface area (Å²) in [5.74, 6) is 1.69. The lowest BCUT2D eigenvalue weighted by molar-refractivity contribution is 0.414. The molecule has 1 aromatic heterocycles. The van der Waals surface area contributed by atoms with Crippen molar-refractivity contribution in [1.29, 1.82) is 0 Å². The summed E-state index contributed by atoms with van der Waals surface area (Å²) in [5, 5.41) is 1.23. The summed E-state index contributed by atoms with van der Waals surface area (Å²) in [5.41, 5.74) is 4.98. The molecule has 0 N–H and O–H groups in total. The van der Waals surface area contributed by atoms with E-state index in [-0.39, 0.29) is 0 Å². The first-order chi connectivity index (χ1) is 14.9. The lowest BCUT2D eigenvalue weighted by Gasteiger charge is -2.12. The highest BCUT2D eigenvalue weighted by atomic mass is 31.0. The molecule has 0 saturated carbocycles. The van der Waals surface area contributed by atoms with Gasteiger partial charge >= 0.3 is 0 Å². The van der Waals surface area contributed by atoms with Gasteiger partial charge in [-0.25, -0.2) is 0 Å². The topological polar surface area (TPSA) is 22.1 Å². The molecule has 3 heteroatoms. The zero-order valence-electron chi connectivity index (χ0n) is 20.9. The van der Waals surface area contributed by atoms with Crippen molar-refractivity contribution >= 4 is 14.6 Å². The minimum absolute atomic E-state index is 0.775. The van der Waals surface area contributed by atoms with Crippen LogP contribution in [0.15, 0.2) is 55.3 Å². The van der Waals surface area contributed by atoms with Gasteiger partial charge in [0.15, 0.2) is 0 Å². The van der Waals surface area contributed by atoms with Crippen molar-refractivity contribution in [2.24, 2.45) is 5.92 Å². The van der Waals surface area contributed by atoms with Crippen molar-refractivity contribution in [3.05, 3.63) is 77.6 Å². The number of benzene rings is 1. The average Bonchev–Trinajstić information content (AvgIpc) is 2.80. The molecular weight excluding hydrogens is 397 g/mol. The van der Waals surface area contributed by atoms with Gasteiger partial charge in [-0.05, 0) is 81.4 Å². The van der Waals surface area contributed by atoms with E-state index in [0.717, 1.165) is 30.2 Å². The van der Waals surface area contributed by atoms with E-state index in [2.05, 4.69) is 60.6 Å². The van der Waals surface area contributed by atoms with Crippen LogP contribution in [0.3, 0.4) is 0 Å².